The minimum Gasteiger partial charge on any atom is -0.331 e. The van der Waals surface area contributed by atoms with Crippen LogP contribution in [0, 0.1) is 17.1 Å². The monoisotopic (exact) mass is 401 g/mol. The summed E-state index contributed by atoms with van der Waals surface area (Å²) in [4.78, 5) is 14.1. The Morgan fingerprint density at radius 2 is 1.96 bits per heavy atom. The predicted octanol–water partition coefficient (Wildman–Crippen LogP) is 2.82. The van der Waals surface area contributed by atoms with Crippen molar-refractivity contribution in [2.75, 3.05) is 13.1 Å². The second kappa shape index (κ2) is 9.26. The van der Waals surface area contributed by atoms with Gasteiger partial charge in [-0.1, -0.05) is 25.1 Å². The highest BCUT2D eigenvalue weighted by atomic mass is 32.2. The van der Waals surface area contributed by atoms with E-state index in [2.05, 4.69) is 11.3 Å². The van der Waals surface area contributed by atoms with E-state index in [1.807, 2.05) is 6.07 Å². The molecule has 0 unspecified atom stereocenters. The molecule has 6 nitrogen and oxygen atoms in total. The van der Waals surface area contributed by atoms with Crippen LogP contribution in [0.2, 0.25) is 0 Å². The van der Waals surface area contributed by atoms with Crippen LogP contribution in [0.15, 0.2) is 60.0 Å². The molecule has 2 aromatic rings. The number of sulfonamides is 1. The Balaban J connectivity index is 2.36. The van der Waals surface area contributed by atoms with Gasteiger partial charge in [-0.05, 0) is 35.9 Å². The molecule has 0 heterocycles. The van der Waals surface area contributed by atoms with Crippen LogP contribution in [0.1, 0.15) is 28.4 Å². The first-order valence-electron chi connectivity index (χ1n) is 8.50. The van der Waals surface area contributed by atoms with Gasteiger partial charge in [-0.2, -0.15) is 5.26 Å². The Kier molecular flexibility index (Phi) is 7.04. The lowest BCUT2D eigenvalue weighted by Crippen LogP contribution is -2.32. The SMILES string of the molecule is C=CCN(Cc1ccc(C#N)cc1)C(=O)c1cc(S(=O)(=O)NCC)ccc1F. The van der Waals surface area contributed by atoms with Gasteiger partial charge in [-0.15, -0.1) is 6.58 Å². The number of carbonyl (C=O) groups excluding carboxylic acids is 1. The fraction of sp³-hybridized carbons (Fsp3) is 0.200. The van der Waals surface area contributed by atoms with Crippen molar-refractivity contribution >= 4 is 15.9 Å². The second-order valence-electron chi connectivity index (χ2n) is 5.93. The summed E-state index contributed by atoms with van der Waals surface area (Å²) in [5.74, 6) is -1.47. The van der Waals surface area contributed by atoms with E-state index in [0.29, 0.717) is 5.56 Å². The van der Waals surface area contributed by atoms with E-state index in [9.17, 15) is 17.6 Å². The van der Waals surface area contributed by atoms with Gasteiger partial charge in [0.15, 0.2) is 0 Å². The fourth-order valence-electron chi connectivity index (χ4n) is 2.56. The lowest BCUT2D eigenvalue weighted by molar-refractivity contribution is 0.0757. The third-order valence-electron chi connectivity index (χ3n) is 3.91. The second-order valence-corrected chi connectivity index (χ2v) is 7.69. The standard InChI is InChI=1S/C20H20FN3O3S/c1-3-11-24(14-16-7-5-15(13-22)6-8-16)20(25)18-12-17(9-10-19(18)21)28(26,27)23-4-2/h3,5-10,12,23H,1,4,11,14H2,2H3. The van der Waals surface area contributed by atoms with Crippen LogP contribution in [-0.4, -0.2) is 32.3 Å². The summed E-state index contributed by atoms with van der Waals surface area (Å²) in [6, 6.07) is 11.8. The quantitative estimate of drug-likeness (QED) is 0.689. The molecular weight excluding hydrogens is 381 g/mol. The van der Waals surface area contributed by atoms with Crippen molar-refractivity contribution in [2.45, 2.75) is 18.4 Å². The molecular formula is C20H20FN3O3S. The zero-order valence-electron chi connectivity index (χ0n) is 15.4. The molecule has 0 fully saturated rings. The smallest absolute Gasteiger partial charge is 0.257 e. The Labute approximate surface area is 164 Å². The van der Waals surface area contributed by atoms with Crippen molar-refractivity contribution < 1.29 is 17.6 Å². The first-order chi connectivity index (χ1) is 13.3. The van der Waals surface area contributed by atoms with Gasteiger partial charge in [0.05, 0.1) is 22.1 Å². The molecule has 0 radical (unpaired) electrons. The van der Waals surface area contributed by atoms with E-state index in [-0.39, 0.29) is 30.1 Å². The number of rotatable bonds is 8. The summed E-state index contributed by atoms with van der Waals surface area (Å²) in [5.41, 5.74) is 0.887. The molecule has 2 rings (SSSR count). The van der Waals surface area contributed by atoms with Gasteiger partial charge in [0.25, 0.3) is 5.91 Å². The van der Waals surface area contributed by atoms with E-state index >= 15 is 0 Å². The maximum Gasteiger partial charge on any atom is 0.257 e. The van der Waals surface area contributed by atoms with Crippen LogP contribution in [0.25, 0.3) is 0 Å². The molecule has 146 valence electrons. The third kappa shape index (κ3) is 5.03. The number of nitriles is 1. The van der Waals surface area contributed by atoms with E-state index < -0.39 is 21.7 Å². The molecule has 0 bridgehead atoms. The highest BCUT2D eigenvalue weighted by Crippen LogP contribution is 2.18. The van der Waals surface area contributed by atoms with Gasteiger partial charge in [0.2, 0.25) is 10.0 Å². The average molecular weight is 401 g/mol. The summed E-state index contributed by atoms with van der Waals surface area (Å²) in [6.45, 7) is 5.70. The van der Waals surface area contributed by atoms with Gasteiger partial charge in [0.1, 0.15) is 5.82 Å². The summed E-state index contributed by atoms with van der Waals surface area (Å²) >= 11 is 0. The van der Waals surface area contributed by atoms with Crippen molar-refractivity contribution in [3.63, 3.8) is 0 Å². The molecule has 2 aromatic carbocycles. The minimum absolute atomic E-state index is 0.141. The summed E-state index contributed by atoms with van der Waals surface area (Å²) in [5, 5.41) is 8.87. The van der Waals surface area contributed by atoms with Crippen LogP contribution in [0.5, 0.6) is 0 Å². The largest absolute Gasteiger partial charge is 0.331 e. The molecule has 0 aliphatic carbocycles. The van der Waals surface area contributed by atoms with E-state index in [0.717, 1.165) is 23.8 Å². The third-order valence-corrected chi connectivity index (χ3v) is 5.45. The number of hydrogen-bond donors (Lipinski definition) is 1. The van der Waals surface area contributed by atoms with Crippen LogP contribution in [-0.2, 0) is 16.6 Å². The van der Waals surface area contributed by atoms with Crippen LogP contribution >= 0.6 is 0 Å². The van der Waals surface area contributed by atoms with Crippen LogP contribution < -0.4 is 4.72 Å². The molecule has 0 atom stereocenters. The molecule has 1 amide bonds. The molecule has 8 heteroatoms. The highest BCUT2D eigenvalue weighted by Gasteiger charge is 2.22. The minimum atomic E-state index is -3.83. The number of benzene rings is 2. The zero-order valence-corrected chi connectivity index (χ0v) is 16.2. The van der Waals surface area contributed by atoms with Gasteiger partial charge in [0, 0.05) is 19.6 Å². The molecule has 0 aliphatic heterocycles. The van der Waals surface area contributed by atoms with E-state index in [1.54, 1.807) is 31.2 Å². The zero-order chi connectivity index (χ0) is 20.7. The summed E-state index contributed by atoms with van der Waals surface area (Å²) < 4.78 is 40.9. The number of hydrogen-bond acceptors (Lipinski definition) is 4. The van der Waals surface area contributed by atoms with Crippen molar-refractivity contribution in [2.24, 2.45) is 0 Å². The first-order valence-corrected chi connectivity index (χ1v) is 9.99. The van der Waals surface area contributed by atoms with Gasteiger partial charge in [-0.25, -0.2) is 17.5 Å². The number of amides is 1. The van der Waals surface area contributed by atoms with Crippen molar-refractivity contribution in [1.82, 2.24) is 9.62 Å². The Morgan fingerprint density at radius 3 is 2.54 bits per heavy atom. The van der Waals surface area contributed by atoms with Crippen molar-refractivity contribution in [1.29, 1.82) is 5.26 Å². The lowest BCUT2D eigenvalue weighted by atomic mass is 10.1. The van der Waals surface area contributed by atoms with Crippen LogP contribution in [0.3, 0.4) is 0 Å². The van der Waals surface area contributed by atoms with Gasteiger partial charge < -0.3 is 4.90 Å². The fourth-order valence-corrected chi connectivity index (χ4v) is 3.63. The predicted molar refractivity (Wildman–Crippen MR) is 103 cm³/mol. The molecule has 0 saturated carbocycles. The Morgan fingerprint density at radius 1 is 1.29 bits per heavy atom. The first kappa shape index (κ1) is 21.3. The molecule has 28 heavy (non-hydrogen) atoms. The number of halogens is 1. The highest BCUT2D eigenvalue weighted by molar-refractivity contribution is 7.89. The van der Waals surface area contributed by atoms with E-state index in [4.69, 9.17) is 5.26 Å². The molecule has 0 saturated heterocycles. The average Bonchev–Trinajstić information content (AvgIpc) is 2.68. The molecule has 0 aromatic heterocycles. The number of nitrogens with one attached hydrogen (secondary N) is 1. The van der Waals surface area contributed by atoms with Crippen molar-refractivity contribution in [3.05, 3.63) is 77.6 Å². The Hall–Kier alpha value is -3.02. The maximum absolute atomic E-state index is 14.3. The molecule has 1 N–H and O–H groups in total. The Bertz CT molecular complexity index is 1010. The lowest BCUT2D eigenvalue weighted by Gasteiger charge is -2.22. The topological polar surface area (TPSA) is 90.3 Å². The number of nitrogens with zero attached hydrogens (tertiary/aromatic N) is 2. The number of carbonyl (C=O) groups is 1. The normalized spacial score (nSPS) is 10.9. The molecule has 0 aliphatic rings. The van der Waals surface area contributed by atoms with Gasteiger partial charge in [-0.3, -0.25) is 4.79 Å². The maximum atomic E-state index is 14.3. The summed E-state index contributed by atoms with van der Waals surface area (Å²) in [6.07, 6.45) is 1.50. The molecule has 0 spiro atoms. The van der Waals surface area contributed by atoms with Gasteiger partial charge >= 0.3 is 0 Å². The van der Waals surface area contributed by atoms with Crippen LogP contribution in [0.4, 0.5) is 4.39 Å². The summed E-state index contributed by atoms with van der Waals surface area (Å²) in [7, 11) is -3.83. The van der Waals surface area contributed by atoms with E-state index in [1.165, 1.54) is 11.0 Å². The van der Waals surface area contributed by atoms with Crippen molar-refractivity contribution in [3.8, 4) is 6.07 Å².